The summed E-state index contributed by atoms with van der Waals surface area (Å²) in [5.74, 6) is 0.518. The van der Waals surface area contributed by atoms with E-state index >= 15 is 0 Å². The molecule has 1 aliphatic heterocycles. The van der Waals surface area contributed by atoms with Crippen LogP contribution in [-0.2, 0) is 11.2 Å². The fourth-order valence-electron chi connectivity index (χ4n) is 2.94. The Kier molecular flexibility index (Phi) is 4.44. The third kappa shape index (κ3) is 2.46. The molecule has 1 aromatic heterocycles. The Balaban J connectivity index is 2.17. The van der Waals surface area contributed by atoms with Crippen molar-refractivity contribution < 1.29 is 4.79 Å². The predicted molar refractivity (Wildman–Crippen MR) is 76.8 cm³/mol. The highest BCUT2D eigenvalue weighted by atomic mass is 32.1. The Morgan fingerprint density at radius 2 is 2.33 bits per heavy atom. The first-order valence-corrected chi connectivity index (χ1v) is 7.93. The fourth-order valence-corrected chi connectivity index (χ4v) is 3.87. The standard InChI is InChI=1S/C15H23NOS/c1-4-6-11(3)15(17)16-9-7-14-12(8-10-18-14)13(16)5-2/h8,10-11,13H,4-7,9H2,1-3H3. The Bertz CT molecular complexity index is 412. The van der Waals surface area contributed by atoms with Gasteiger partial charge in [-0.15, -0.1) is 11.3 Å². The van der Waals surface area contributed by atoms with Crippen LogP contribution in [0.3, 0.4) is 0 Å². The molecule has 0 saturated carbocycles. The molecule has 0 bridgehead atoms. The van der Waals surface area contributed by atoms with Crippen molar-refractivity contribution in [3.63, 3.8) is 0 Å². The van der Waals surface area contributed by atoms with E-state index < -0.39 is 0 Å². The number of fused-ring (bicyclic) bond motifs is 1. The van der Waals surface area contributed by atoms with Crippen molar-refractivity contribution in [2.24, 2.45) is 5.92 Å². The molecule has 3 heteroatoms. The van der Waals surface area contributed by atoms with Gasteiger partial charge in [-0.3, -0.25) is 4.79 Å². The van der Waals surface area contributed by atoms with Crippen LogP contribution in [0.5, 0.6) is 0 Å². The molecule has 2 atom stereocenters. The van der Waals surface area contributed by atoms with E-state index in [2.05, 4.69) is 37.1 Å². The van der Waals surface area contributed by atoms with Crippen LogP contribution in [0.2, 0.25) is 0 Å². The number of thiophene rings is 1. The van der Waals surface area contributed by atoms with E-state index in [4.69, 9.17) is 0 Å². The molecule has 1 aromatic rings. The van der Waals surface area contributed by atoms with Gasteiger partial charge in [0.05, 0.1) is 6.04 Å². The van der Waals surface area contributed by atoms with Crippen LogP contribution in [-0.4, -0.2) is 17.4 Å². The highest BCUT2D eigenvalue weighted by Crippen LogP contribution is 2.36. The first-order valence-electron chi connectivity index (χ1n) is 7.05. The summed E-state index contributed by atoms with van der Waals surface area (Å²) in [4.78, 5) is 16.1. The van der Waals surface area contributed by atoms with Gasteiger partial charge in [-0.1, -0.05) is 27.2 Å². The minimum absolute atomic E-state index is 0.171. The predicted octanol–water partition coefficient (Wildman–Crippen LogP) is 4.02. The van der Waals surface area contributed by atoms with Gasteiger partial charge in [-0.2, -0.15) is 0 Å². The monoisotopic (exact) mass is 265 g/mol. The molecule has 18 heavy (non-hydrogen) atoms. The van der Waals surface area contributed by atoms with E-state index in [1.165, 1.54) is 10.4 Å². The largest absolute Gasteiger partial charge is 0.335 e. The summed E-state index contributed by atoms with van der Waals surface area (Å²) in [5.41, 5.74) is 1.39. The zero-order valence-corrected chi connectivity index (χ0v) is 12.4. The van der Waals surface area contributed by atoms with Crippen LogP contribution in [0, 0.1) is 5.92 Å². The van der Waals surface area contributed by atoms with E-state index in [-0.39, 0.29) is 5.92 Å². The first-order chi connectivity index (χ1) is 8.69. The van der Waals surface area contributed by atoms with E-state index in [1.807, 2.05) is 11.3 Å². The molecule has 100 valence electrons. The summed E-state index contributed by atoms with van der Waals surface area (Å²) >= 11 is 1.84. The molecule has 2 unspecified atom stereocenters. The quantitative estimate of drug-likeness (QED) is 0.805. The third-order valence-electron chi connectivity index (χ3n) is 3.91. The van der Waals surface area contributed by atoms with Crippen molar-refractivity contribution in [1.29, 1.82) is 0 Å². The lowest BCUT2D eigenvalue weighted by atomic mass is 9.95. The lowest BCUT2D eigenvalue weighted by Gasteiger charge is -2.37. The topological polar surface area (TPSA) is 20.3 Å². The molecule has 0 fully saturated rings. The zero-order valence-electron chi connectivity index (χ0n) is 11.6. The summed E-state index contributed by atoms with van der Waals surface area (Å²) < 4.78 is 0. The van der Waals surface area contributed by atoms with Gasteiger partial charge in [0.1, 0.15) is 0 Å². The van der Waals surface area contributed by atoms with Crippen molar-refractivity contribution >= 4 is 17.2 Å². The van der Waals surface area contributed by atoms with E-state index in [1.54, 1.807) is 0 Å². The van der Waals surface area contributed by atoms with E-state index in [0.29, 0.717) is 11.9 Å². The Labute approximate surface area is 114 Å². The molecule has 0 N–H and O–H groups in total. The van der Waals surface area contributed by atoms with Gasteiger partial charge in [0.25, 0.3) is 0 Å². The lowest BCUT2D eigenvalue weighted by molar-refractivity contribution is -0.138. The molecule has 0 spiro atoms. The second-order valence-electron chi connectivity index (χ2n) is 5.19. The number of nitrogens with zero attached hydrogens (tertiary/aromatic N) is 1. The number of amides is 1. The van der Waals surface area contributed by atoms with Gasteiger partial charge in [0, 0.05) is 17.3 Å². The number of hydrogen-bond donors (Lipinski definition) is 0. The Hall–Kier alpha value is -0.830. The summed E-state index contributed by atoms with van der Waals surface area (Å²) in [6, 6.07) is 2.52. The minimum atomic E-state index is 0.171. The van der Waals surface area contributed by atoms with Crippen LogP contribution >= 0.6 is 11.3 Å². The summed E-state index contributed by atoms with van der Waals surface area (Å²) in [7, 11) is 0. The first kappa shape index (κ1) is 13.6. The SMILES string of the molecule is CCCC(C)C(=O)N1CCc2sccc2C1CC. The third-order valence-corrected chi connectivity index (χ3v) is 4.90. The van der Waals surface area contributed by atoms with Crippen molar-refractivity contribution in [2.45, 2.75) is 52.5 Å². The van der Waals surface area contributed by atoms with Crippen molar-refractivity contribution in [3.05, 3.63) is 21.9 Å². The van der Waals surface area contributed by atoms with Gasteiger partial charge in [-0.25, -0.2) is 0 Å². The average molecular weight is 265 g/mol. The number of rotatable bonds is 4. The van der Waals surface area contributed by atoms with Gasteiger partial charge in [0.2, 0.25) is 5.91 Å². The smallest absolute Gasteiger partial charge is 0.225 e. The molecule has 0 saturated heterocycles. The van der Waals surface area contributed by atoms with Gasteiger partial charge in [0.15, 0.2) is 0 Å². The molecule has 1 amide bonds. The number of carbonyl (C=O) groups is 1. The maximum Gasteiger partial charge on any atom is 0.225 e. The van der Waals surface area contributed by atoms with Gasteiger partial charge in [-0.05, 0) is 36.3 Å². The summed E-state index contributed by atoms with van der Waals surface area (Å²) in [6.45, 7) is 7.30. The zero-order chi connectivity index (χ0) is 13.1. The summed E-state index contributed by atoms with van der Waals surface area (Å²) in [5, 5.41) is 2.16. The van der Waals surface area contributed by atoms with Crippen LogP contribution in [0.25, 0.3) is 0 Å². The normalized spacial score (nSPS) is 20.6. The van der Waals surface area contributed by atoms with Crippen LogP contribution in [0.1, 0.15) is 56.5 Å². The summed E-state index contributed by atoms with van der Waals surface area (Å²) in [6.07, 6.45) is 4.14. The molecule has 1 aliphatic rings. The lowest BCUT2D eigenvalue weighted by Crippen LogP contribution is -2.42. The number of hydrogen-bond acceptors (Lipinski definition) is 2. The maximum absolute atomic E-state index is 12.5. The molecular weight excluding hydrogens is 242 g/mol. The Morgan fingerprint density at radius 3 is 3.00 bits per heavy atom. The molecule has 0 radical (unpaired) electrons. The molecule has 2 heterocycles. The van der Waals surface area contributed by atoms with E-state index in [0.717, 1.165) is 32.2 Å². The molecule has 0 aromatic carbocycles. The fraction of sp³-hybridized carbons (Fsp3) is 0.667. The molecule has 2 rings (SSSR count). The van der Waals surface area contributed by atoms with Crippen LogP contribution in [0.4, 0.5) is 0 Å². The average Bonchev–Trinajstić information content (AvgIpc) is 2.85. The molecular formula is C15H23NOS. The maximum atomic E-state index is 12.5. The highest BCUT2D eigenvalue weighted by molar-refractivity contribution is 7.10. The van der Waals surface area contributed by atoms with Gasteiger partial charge < -0.3 is 4.90 Å². The van der Waals surface area contributed by atoms with Crippen molar-refractivity contribution in [3.8, 4) is 0 Å². The number of carbonyl (C=O) groups excluding carboxylic acids is 1. The molecule has 2 nitrogen and oxygen atoms in total. The second kappa shape index (κ2) is 5.87. The van der Waals surface area contributed by atoms with Crippen LogP contribution in [0.15, 0.2) is 11.4 Å². The van der Waals surface area contributed by atoms with E-state index in [9.17, 15) is 4.79 Å². The van der Waals surface area contributed by atoms with Crippen molar-refractivity contribution in [2.75, 3.05) is 6.54 Å². The molecule has 0 aliphatic carbocycles. The Morgan fingerprint density at radius 1 is 1.56 bits per heavy atom. The second-order valence-corrected chi connectivity index (χ2v) is 6.20. The highest BCUT2D eigenvalue weighted by Gasteiger charge is 2.31. The van der Waals surface area contributed by atoms with Gasteiger partial charge >= 0.3 is 0 Å². The minimum Gasteiger partial charge on any atom is -0.335 e. The van der Waals surface area contributed by atoms with Crippen molar-refractivity contribution in [1.82, 2.24) is 4.90 Å². The van der Waals surface area contributed by atoms with Crippen LogP contribution < -0.4 is 0 Å².